The third-order valence-electron chi connectivity index (χ3n) is 2.33. The Kier molecular flexibility index (Phi) is 2.63. The van der Waals surface area contributed by atoms with E-state index in [1.807, 2.05) is 0 Å². The fraction of sp³-hybridized carbons (Fsp3) is 0.333. The highest BCUT2D eigenvalue weighted by atomic mass is 32.2. The summed E-state index contributed by atoms with van der Waals surface area (Å²) in [7, 11) is -2.28. The summed E-state index contributed by atoms with van der Waals surface area (Å²) in [4.78, 5) is 9.68. The Morgan fingerprint density at radius 3 is 2.56 bits per heavy atom. The Morgan fingerprint density at radius 1 is 1.44 bits per heavy atom. The maximum Gasteiger partial charge on any atom is 0.272 e. The van der Waals surface area contributed by atoms with Gasteiger partial charge in [-0.05, 0) is 12.5 Å². The van der Waals surface area contributed by atoms with Gasteiger partial charge in [-0.25, -0.2) is 8.60 Å². The summed E-state index contributed by atoms with van der Waals surface area (Å²) in [6, 6.07) is 3.14. The Morgan fingerprint density at radius 2 is 2.12 bits per heavy atom. The van der Waals surface area contributed by atoms with Crippen molar-refractivity contribution in [1.29, 1.82) is 0 Å². The van der Waals surface area contributed by atoms with E-state index < -0.39 is 20.5 Å². The molecule has 16 heavy (non-hydrogen) atoms. The summed E-state index contributed by atoms with van der Waals surface area (Å²) in [5, 5.41) is 10.4. The molecule has 0 unspecified atom stereocenters. The van der Waals surface area contributed by atoms with Gasteiger partial charge in [-0.2, -0.15) is 4.36 Å². The molecule has 0 radical (unpaired) electrons. The summed E-state index contributed by atoms with van der Waals surface area (Å²) >= 11 is 0. The van der Waals surface area contributed by atoms with Gasteiger partial charge in [0.1, 0.15) is 5.69 Å². The van der Waals surface area contributed by atoms with E-state index in [1.54, 1.807) is 0 Å². The number of rotatable bonds is 2. The number of hydrogen-bond acceptors (Lipinski definition) is 4. The first-order valence-corrected chi connectivity index (χ1v) is 6.52. The Bertz CT molecular complexity index is 554. The number of nitrogens with zero attached hydrogens (tertiary/aromatic N) is 2. The third kappa shape index (κ3) is 2.04. The molecule has 86 valence electrons. The van der Waals surface area contributed by atoms with Crippen molar-refractivity contribution in [2.24, 2.45) is 4.36 Å². The van der Waals surface area contributed by atoms with Gasteiger partial charge in [0, 0.05) is 17.6 Å². The van der Waals surface area contributed by atoms with E-state index in [0.717, 1.165) is 18.6 Å². The van der Waals surface area contributed by atoms with Crippen molar-refractivity contribution in [3.63, 3.8) is 0 Å². The van der Waals surface area contributed by atoms with Crippen molar-refractivity contribution in [2.75, 3.05) is 11.5 Å². The van der Waals surface area contributed by atoms with Gasteiger partial charge in [-0.3, -0.25) is 10.1 Å². The Balaban J connectivity index is 2.41. The molecule has 1 aliphatic heterocycles. The number of non-ortho nitro benzene ring substituents is 1. The van der Waals surface area contributed by atoms with Gasteiger partial charge < -0.3 is 0 Å². The lowest BCUT2D eigenvalue weighted by Gasteiger charge is -2.17. The Labute approximate surface area is 91.6 Å². The average molecular weight is 244 g/mol. The smallest absolute Gasteiger partial charge is 0.258 e. The van der Waals surface area contributed by atoms with Crippen molar-refractivity contribution < 1.29 is 13.5 Å². The zero-order valence-electron chi connectivity index (χ0n) is 8.26. The number of nitro benzene ring substituents is 1. The van der Waals surface area contributed by atoms with Crippen LogP contribution < -0.4 is 0 Å². The second-order valence-electron chi connectivity index (χ2n) is 3.52. The van der Waals surface area contributed by atoms with Crippen LogP contribution in [-0.2, 0) is 9.73 Å². The molecule has 0 N–H and O–H groups in total. The van der Waals surface area contributed by atoms with E-state index in [4.69, 9.17) is 0 Å². The lowest BCUT2D eigenvalue weighted by molar-refractivity contribution is -0.385. The van der Waals surface area contributed by atoms with Gasteiger partial charge >= 0.3 is 0 Å². The summed E-state index contributed by atoms with van der Waals surface area (Å²) in [6.45, 7) is 0. The first-order chi connectivity index (χ1) is 7.50. The van der Waals surface area contributed by atoms with Crippen molar-refractivity contribution in [3.8, 4) is 0 Å². The van der Waals surface area contributed by atoms with Crippen LogP contribution in [0.1, 0.15) is 6.42 Å². The van der Waals surface area contributed by atoms with Crippen molar-refractivity contribution in [1.82, 2.24) is 0 Å². The fourth-order valence-electron chi connectivity index (χ4n) is 1.35. The van der Waals surface area contributed by atoms with Crippen molar-refractivity contribution in [2.45, 2.75) is 6.42 Å². The van der Waals surface area contributed by atoms with E-state index in [1.165, 1.54) is 6.07 Å². The molecule has 0 bridgehead atoms. The molecule has 0 aromatic heterocycles. The van der Waals surface area contributed by atoms with Gasteiger partial charge in [0.25, 0.3) is 5.69 Å². The van der Waals surface area contributed by atoms with Gasteiger partial charge in [0.15, 0.2) is 5.82 Å². The molecular formula is C9H9FN2O3S. The molecule has 2 rings (SSSR count). The van der Waals surface area contributed by atoms with Gasteiger partial charge in [0.2, 0.25) is 0 Å². The van der Waals surface area contributed by atoms with Crippen LogP contribution in [0.15, 0.2) is 22.6 Å². The molecule has 0 aliphatic carbocycles. The third-order valence-corrected chi connectivity index (χ3v) is 4.72. The summed E-state index contributed by atoms with van der Waals surface area (Å²) in [6.07, 6.45) is 0.830. The fourth-order valence-corrected chi connectivity index (χ4v) is 2.82. The minimum Gasteiger partial charge on any atom is -0.258 e. The SMILES string of the molecule is O=[N+]([O-])c1ccc(N=S2(=O)CCC2)c(F)c1. The predicted molar refractivity (Wildman–Crippen MR) is 57.6 cm³/mol. The lowest BCUT2D eigenvalue weighted by atomic mass is 10.3. The zero-order chi connectivity index (χ0) is 11.8. The standard InChI is InChI=1S/C9H9FN2O3S/c10-8-6-7(12(13)14)2-3-9(8)11-16(15)4-1-5-16/h2-3,6H,1,4-5H2. The van der Waals surface area contributed by atoms with Gasteiger partial charge in [-0.15, -0.1) is 0 Å². The highest BCUT2D eigenvalue weighted by molar-refractivity contribution is 7.95. The lowest BCUT2D eigenvalue weighted by Crippen LogP contribution is -2.23. The normalized spacial score (nSPS) is 17.6. The molecule has 1 aliphatic rings. The van der Waals surface area contributed by atoms with Crippen LogP contribution in [-0.4, -0.2) is 20.6 Å². The van der Waals surface area contributed by atoms with Crippen LogP contribution >= 0.6 is 0 Å². The molecule has 0 spiro atoms. The molecule has 1 fully saturated rings. The number of halogens is 1. The van der Waals surface area contributed by atoms with Crippen LogP contribution in [0.3, 0.4) is 0 Å². The molecule has 1 aromatic rings. The van der Waals surface area contributed by atoms with E-state index in [9.17, 15) is 18.7 Å². The molecule has 0 amide bonds. The average Bonchev–Trinajstić information content (AvgIpc) is 2.18. The van der Waals surface area contributed by atoms with E-state index in [0.29, 0.717) is 11.5 Å². The largest absolute Gasteiger partial charge is 0.272 e. The maximum absolute atomic E-state index is 13.4. The number of hydrogen-bond donors (Lipinski definition) is 0. The molecule has 5 nitrogen and oxygen atoms in total. The van der Waals surface area contributed by atoms with Crippen LogP contribution in [0.25, 0.3) is 0 Å². The second-order valence-corrected chi connectivity index (χ2v) is 6.06. The summed E-state index contributed by atoms with van der Waals surface area (Å²) in [5.74, 6) is 0.149. The molecule has 1 saturated heterocycles. The second kappa shape index (κ2) is 3.82. The minimum atomic E-state index is -2.28. The summed E-state index contributed by atoms with van der Waals surface area (Å²) < 4.78 is 28.9. The predicted octanol–water partition coefficient (Wildman–Crippen LogP) is 2.24. The van der Waals surface area contributed by atoms with Crippen LogP contribution in [0, 0.1) is 15.9 Å². The molecule has 1 heterocycles. The van der Waals surface area contributed by atoms with Crippen LogP contribution in [0.4, 0.5) is 15.8 Å². The first-order valence-electron chi connectivity index (χ1n) is 4.67. The molecule has 7 heteroatoms. The summed E-state index contributed by atoms with van der Waals surface area (Å²) in [5.41, 5.74) is -0.393. The minimum absolute atomic E-state index is 0.0599. The van der Waals surface area contributed by atoms with Crippen LogP contribution in [0.5, 0.6) is 0 Å². The topological polar surface area (TPSA) is 72.6 Å². The molecule has 1 aromatic carbocycles. The van der Waals surface area contributed by atoms with Gasteiger partial charge in [0.05, 0.1) is 20.7 Å². The van der Waals surface area contributed by atoms with E-state index >= 15 is 0 Å². The number of nitro groups is 1. The van der Waals surface area contributed by atoms with E-state index in [-0.39, 0.29) is 11.4 Å². The first kappa shape index (κ1) is 11.0. The highest BCUT2D eigenvalue weighted by Crippen LogP contribution is 2.26. The van der Waals surface area contributed by atoms with Crippen molar-refractivity contribution in [3.05, 3.63) is 34.1 Å². The highest BCUT2D eigenvalue weighted by Gasteiger charge is 2.20. The number of benzene rings is 1. The monoisotopic (exact) mass is 244 g/mol. The van der Waals surface area contributed by atoms with Crippen LogP contribution in [0.2, 0.25) is 0 Å². The molecule has 0 atom stereocenters. The molecule has 0 saturated carbocycles. The van der Waals surface area contributed by atoms with Gasteiger partial charge in [-0.1, -0.05) is 0 Å². The Hall–Kier alpha value is -1.50. The molecular weight excluding hydrogens is 235 g/mol. The van der Waals surface area contributed by atoms with E-state index in [2.05, 4.69) is 4.36 Å². The maximum atomic E-state index is 13.4. The quantitative estimate of drug-likeness (QED) is 0.591. The van der Waals surface area contributed by atoms with Crippen molar-refractivity contribution >= 4 is 21.1 Å². The zero-order valence-corrected chi connectivity index (χ0v) is 9.08.